The maximum atomic E-state index is 11.8. The second-order valence-electron chi connectivity index (χ2n) is 4.70. The third-order valence-corrected chi connectivity index (χ3v) is 3.28. The Hall–Kier alpha value is -1.66. The van der Waals surface area contributed by atoms with Gasteiger partial charge in [-0.15, -0.1) is 12.4 Å². The summed E-state index contributed by atoms with van der Waals surface area (Å²) < 4.78 is 16.0. The molecule has 0 saturated carbocycles. The molecule has 23 heavy (non-hydrogen) atoms. The predicted molar refractivity (Wildman–Crippen MR) is 93.2 cm³/mol. The van der Waals surface area contributed by atoms with Crippen molar-refractivity contribution in [3.8, 4) is 17.2 Å². The van der Waals surface area contributed by atoms with Crippen molar-refractivity contribution in [1.29, 1.82) is 0 Å². The average Bonchev–Trinajstić information content (AvgIpc) is 2.55. The molecule has 0 atom stereocenters. The number of carbonyl (C=O) groups is 1. The van der Waals surface area contributed by atoms with Crippen LogP contribution in [0.3, 0.4) is 0 Å². The lowest BCUT2D eigenvalue weighted by atomic mass is 10.1. The standard InChI is InChI=1S/C16H26N2O4.ClH/c1-5-17-10-11-18-14(19)9-7-12-6-8-13(20-2)16(22-4)15(12)21-3;/h6,8,17H,5,7,9-11H2,1-4H3,(H,18,19);1H. The lowest BCUT2D eigenvalue weighted by Crippen LogP contribution is -2.31. The number of hydrogen-bond donors (Lipinski definition) is 2. The lowest BCUT2D eigenvalue weighted by Gasteiger charge is -2.15. The van der Waals surface area contributed by atoms with Crippen molar-refractivity contribution >= 4 is 18.3 Å². The van der Waals surface area contributed by atoms with Crippen LogP contribution in [0.5, 0.6) is 17.2 Å². The van der Waals surface area contributed by atoms with Crippen LogP contribution < -0.4 is 24.8 Å². The molecule has 1 aromatic carbocycles. The van der Waals surface area contributed by atoms with E-state index in [2.05, 4.69) is 10.6 Å². The number of halogens is 1. The van der Waals surface area contributed by atoms with Gasteiger partial charge in [0.2, 0.25) is 11.7 Å². The molecular weight excluding hydrogens is 320 g/mol. The summed E-state index contributed by atoms with van der Waals surface area (Å²) in [5.41, 5.74) is 0.919. The van der Waals surface area contributed by atoms with Gasteiger partial charge in [-0.3, -0.25) is 4.79 Å². The van der Waals surface area contributed by atoms with Crippen LogP contribution in [0.15, 0.2) is 12.1 Å². The van der Waals surface area contributed by atoms with Crippen molar-refractivity contribution in [3.05, 3.63) is 17.7 Å². The van der Waals surface area contributed by atoms with Gasteiger partial charge in [0.1, 0.15) is 0 Å². The zero-order valence-electron chi connectivity index (χ0n) is 14.2. The number of nitrogens with one attached hydrogen (secondary N) is 2. The van der Waals surface area contributed by atoms with Crippen LogP contribution in [-0.4, -0.2) is 46.9 Å². The van der Waals surface area contributed by atoms with E-state index in [-0.39, 0.29) is 18.3 Å². The van der Waals surface area contributed by atoms with E-state index in [4.69, 9.17) is 14.2 Å². The molecule has 2 N–H and O–H groups in total. The predicted octanol–water partition coefficient (Wildman–Crippen LogP) is 1.79. The molecule has 0 unspecified atom stereocenters. The average molecular weight is 347 g/mol. The fourth-order valence-corrected chi connectivity index (χ4v) is 2.16. The van der Waals surface area contributed by atoms with Crippen molar-refractivity contribution in [2.24, 2.45) is 0 Å². The first-order valence-electron chi connectivity index (χ1n) is 7.43. The fourth-order valence-electron chi connectivity index (χ4n) is 2.16. The Bertz CT molecular complexity index is 483. The van der Waals surface area contributed by atoms with E-state index in [0.29, 0.717) is 36.6 Å². The molecule has 1 amide bonds. The van der Waals surface area contributed by atoms with E-state index in [1.165, 1.54) is 0 Å². The third kappa shape index (κ3) is 6.54. The van der Waals surface area contributed by atoms with Gasteiger partial charge < -0.3 is 24.8 Å². The normalized spacial score (nSPS) is 9.74. The fraction of sp³-hybridized carbons (Fsp3) is 0.562. The number of carbonyl (C=O) groups excluding carboxylic acids is 1. The van der Waals surface area contributed by atoms with Crippen LogP contribution in [-0.2, 0) is 11.2 Å². The highest BCUT2D eigenvalue weighted by molar-refractivity contribution is 5.85. The summed E-state index contributed by atoms with van der Waals surface area (Å²) in [5.74, 6) is 1.80. The zero-order valence-corrected chi connectivity index (χ0v) is 15.0. The van der Waals surface area contributed by atoms with Crippen LogP contribution in [0, 0.1) is 0 Å². The quantitative estimate of drug-likeness (QED) is 0.632. The Morgan fingerprint density at radius 2 is 1.74 bits per heavy atom. The summed E-state index contributed by atoms with van der Waals surface area (Å²) in [7, 11) is 4.73. The first-order valence-corrected chi connectivity index (χ1v) is 7.43. The van der Waals surface area contributed by atoms with Gasteiger partial charge in [-0.05, 0) is 24.6 Å². The summed E-state index contributed by atoms with van der Waals surface area (Å²) >= 11 is 0. The number of ether oxygens (including phenoxy) is 3. The molecule has 0 aliphatic carbocycles. The number of amides is 1. The Labute approximate surface area is 144 Å². The number of benzene rings is 1. The van der Waals surface area contributed by atoms with Gasteiger partial charge in [-0.1, -0.05) is 13.0 Å². The smallest absolute Gasteiger partial charge is 0.220 e. The Morgan fingerprint density at radius 1 is 1.04 bits per heavy atom. The van der Waals surface area contributed by atoms with Gasteiger partial charge in [0.15, 0.2) is 11.5 Å². The van der Waals surface area contributed by atoms with Crippen molar-refractivity contribution in [2.45, 2.75) is 19.8 Å². The summed E-state index contributed by atoms with van der Waals surface area (Å²) in [5, 5.41) is 6.04. The van der Waals surface area contributed by atoms with Crippen molar-refractivity contribution in [1.82, 2.24) is 10.6 Å². The minimum atomic E-state index is 0. The zero-order chi connectivity index (χ0) is 16.4. The van der Waals surface area contributed by atoms with E-state index in [1.54, 1.807) is 21.3 Å². The summed E-state index contributed by atoms with van der Waals surface area (Å²) in [6, 6.07) is 3.71. The number of methoxy groups -OCH3 is 3. The van der Waals surface area contributed by atoms with Crippen LogP contribution in [0.25, 0.3) is 0 Å². The Balaban J connectivity index is 0.00000484. The van der Waals surface area contributed by atoms with Gasteiger partial charge >= 0.3 is 0 Å². The highest BCUT2D eigenvalue weighted by atomic mass is 35.5. The van der Waals surface area contributed by atoms with Crippen LogP contribution in [0.1, 0.15) is 18.9 Å². The molecule has 0 radical (unpaired) electrons. The molecular formula is C16H27ClN2O4. The maximum Gasteiger partial charge on any atom is 0.220 e. The minimum Gasteiger partial charge on any atom is -0.493 e. The number of rotatable bonds is 10. The Morgan fingerprint density at radius 3 is 2.30 bits per heavy atom. The third-order valence-electron chi connectivity index (χ3n) is 3.28. The summed E-state index contributed by atoms with van der Waals surface area (Å²) in [6.07, 6.45) is 0.981. The summed E-state index contributed by atoms with van der Waals surface area (Å²) in [6.45, 7) is 4.35. The van der Waals surface area contributed by atoms with Gasteiger partial charge in [-0.2, -0.15) is 0 Å². The first kappa shape index (κ1) is 21.3. The largest absolute Gasteiger partial charge is 0.493 e. The highest BCUT2D eigenvalue weighted by Crippen LogP contribution is 2.40. The van der Waals surface area contributed by atoms with E-state index in [0.717, 1.165) is 18.7 Å². The molecule has 0 aliphatic heterocycles. The molecule has 6 nitrogen and oxygen atoms in total. The number of hydrogen-bond acceptors (Lipinski definition) is 5. The minimum absolute atomic E-state index is 0. The van der Waals surface area contributed by atoms with Gasteiger partial charge in [0.05, 0.1) is 21.3 Å². The topological polar surface area (TPSA) is 68.8 Å². The second-order valence-corrected chi connectivity index (χ2v) is 4.70. The monoisotopic (exact) mass is 346 g/mol. The van der Waals surface area contributed by atoms with E-state index < -0.39 is 0 Å². The molecule has 0 aliphatic rings. The van der Waals surface area contributed by atoms with E-state index in [9.17, 15) is 4.79 Å². The Kier molecular flexibility index (Phi) is 11.0. The highest BCUT2D eigenvalue weighted by Gasteiger charge is 2.16. The van der Waals surface area contributed by atoms with Gasteiger partial charge in [-0.25, -0.2) is 0 Å². The van der Waals surface area contributed by atoms with Crippen LogP contribution in [0.2, 0.25) is 0 Å². The molecule has 0 bridgehead atoms. The first-order chi connectivity index (χ1) is 10.7. The molecule has 0 fully saturated rings. The molecule has 7 heteroatoms. The van der Waals surface area contributed by atoms with Gasteiger partial charge in [0, 0.05) is 19.5 Å². The van der Waals surface area contributed by atoms with Crippen molar-refractivity contribution < 1.29 is 19.0 Å². The number of aryl methyl sites for hydroxylation is 1. The molecule has 132 valence electrons. The van der Waals surface area contributed by atoms with Crippen molar-refractivity contribution in [2.75, 3.05) is 41.0 Å². The SMILES string of the molecule is CCNCCNC(=O)CCc1ccc(OC)c(OC)c1OC.Cl. The molecule has 0 heterocycles. The molecule has 1 aromatic rings. The van der Waals surface area contributed by atoms with Crippen molar-refractivity contribution in [3.63, 3.8) is 0 Å². The number of likely N-dealkylation sites (N-methyl/N-ethyl adjacent to an activating group) is 1. The van der Waals surface area contributed by atoms with Gasteiger partial charge in [0.25, 0.3) is 0 Å². The molecule has 0 aromatic heterocycles. The molecule has 0 saturated heterocycles. The van der Waals surface area contributed by atoms with E-state index >= 15 is 0 Å². The summed E-state index contributed by atoms with van der Waals surface area (Å²) in [4.78, 5) is 11.8. The van der Waals surface area contributed by atoms with Crippen LogP contribution >= 0.6 is 12.4 Å². The second kappa shape index (κ2) is 11.8. The van der Waals surface area contributed by atoms with Crippen LogP contribution in [0.4, 0.5) is 0 Å². The lowest BCUT2D eigenvalue weighted by molar-refractivity contribution is -0.121. The maximum absolute atomic E-state index is 11.8. The van der Waals surface area contributed by atoms with E-state index in [1.807, 2.05) is 19.1 Å². The molecule has 0 spiro atoms. The molecule has 1 rings (SSSR count).